The number of ether oxygens (including phenoxy) is 2. The van der Waals surface area contributed by atoms with Gasteiger partial charge in [0.25, 0.3) is 0 Å². The quantitative estimate of drug-likeness (QED) is 0.198. The number of hydrogen-bond acceptors (Lipinski definition) is 4. The minimum absolute atomic E-state index is 0.730. The zero-order chi connectivity index (χ0) is 30.5. The van der Waals surface area contributed by atoms with Crippen molar-refractivity contribution in [1.82, 2.24) is 0 Å². The summed E-state index contributed by atoms with van der Waals surface area (Å²) in [6, 6.07) is 57.2. The maximum atomic E-state index is 6.39. The molecule has 0 unspecified atom stereocenters. The SMILES string of the molecule is c1ccc(-c2cccc(N(c3ccc4sc5ccccc5c4c3)c3ccc4cc3-c3cccc(c3)Oc3cccc(c3)O4)c2)cc1. The third-order valence-electron chi connectivity index (χ3n) is 8.46. The Labute approximate surface area is 271 Å². The Bertz CT molecular complexity index is 2390. The molecule has 0 saturated heterocycles. The van der Waals surface area contributed by atoms with Crippen LogP contribution in [0.5, 0.6) is 23.0 Å². The summed E-state index contributed by atoms with van der Waals surface area (Å²) < 4.78 is 15.2. The molecule has 2 heterocycles. The normalized spacial score (nSPS) is 11.8. The highest BCUT2D eigenvalue weighted by molar-refractivity contribution is 7.25. The molecule has 3 nitrogen and oxygen atoms in total. The van der Waals surface area contributed by atoms with Gasteiger partial charge in [-0.15, -0.1) is 11.3 Å². The molecule has 4 heteroatoms. The van der Waals surface area contributed by atoms with E-state index in [1.165, 1.54) is 25.7 Å². The second kappa shape index (κ2) is 11.0. The van der Waals surface area contributed by atoms with E-state index in [1.807, 2.05) is 47.7 Å². The van der Waals surface area contributed by atoms with Gasteiger partial charge in [0.2, 0.25) is 0 Å². The monoisotopic (exact) mass is 609 g/mol. The van der Waals surface area contributed by atoms with Crippen molar-refractivity contribution >= 4 is 48.6 Å². The van der Waals surface area contributed by atoms with Gasteiger partial charge < -0.3 is 14.4 Å². The zero-order valence-corrected chi connectivity index (χ0v) is 25.6. The van der Waals surface area contributed by atoms with Crippen molar-refractivity contribution < 1.29 is 9.47 Å². The molecule has 0 spiro atoms. The van der Waals surface area contributed by atoms with Crippen molar-refractivity contribution in [2.75, 3.05) is 4.90 Å². The number of thiophene rings is 1. The fraction of sp³-hybridized carbons (Fsp3) is 0. The summed E-state index contributed by atoms with van der Waals surface area (Å²) in [6.45, 7) is 0. The van der Waals surface area contributed by atoms with Gasteiger partial charge in [-0.25, -0.2) is 0 Å². The van der Waals surface area contributed by atoms with Gasteiger partial charge >= 0.3 is 0 Å². The summed E-state index contributed by atoms with van der Waals surface area (Å²) in [5, 5.41) is 2.53. The van der Waals surface area contributed by atoms with Crippen molar-refractivity contribution in [1.29, 1.82) is 0 Å². The molecule has 0 atom stereocenters. The maximum absolute atomic E-state index is 6.39. The van der Waals surface area contributed by atoms with Gasteiger partial charge in [-0.05, 0) is 95.6 Å². The molecule has 1 aromatic heterocycles. The van der Waals surface area contributed by atoms with E-state index in [-0.39, 0.29) is 0 Å². The molecule has 46 heavy (non-hydrogen) atoms. The first-order valence-electron chi connectivity index (χ1n) is 15.3. The predicted molar refractivity (Wildman–Crippen MR) is 191 cm³/mol. The van der Waals surface area contributed by atoms with Crippen molar-refractivity contribution in [3.8, 4) is 45.3 Å². The van der Waals surface area contributed by atoms with Gasteiger partial charge in [0.1, 0.15) is 23.0 Å². The lowest BCUT2D eigenvalue weighted by Crippen LogP contribution is -2.11. The van der Waals surface area contributed by atoms with E-state index in [0.29, 0.717) is 0 Å². The molecule has 7 aromatic carbocycles. The highest BCUT2D eigenvalue weighted by Crippen LogP contribution is 2.46. The minimum Gasteiger partial charge on any atom is -0.457 e. The van der Waals surface area contributed by atoms with Crippen molar-refractivity contribution in [2.45, 2.75) is 0 Å². The van der Waals surface area contributed by atoms with Crippen molar-refractivity contribution in [3.63, 3.8) is 0 Å². The molecule has 0 fully saturated rings. The highest BCUT2D eigenvalue weighted by Gasteiger charge is 2.21. The summed E-state index contributed by atoms with van der Waals surface area (Å²) in [5.41, 5.74) is 7.61. The minimum atomic E-state index is 0.730. The van der Waals surface area contributed by atoms with E-state index < -0.39 is 0 Å². The van der Waals surface area contributed by atoms with Gasteiger partial charge in [0.05, 0.1) is 5.69 Å². The smallest absolute Gasteiger partial charge is 0.131 e. The molecule has 0 N–H and O–H groups in total. The fourth-order valence-corrected chi connectivity index (χ4v) is 7.43. The van der Waals surface area contributed by atoms with Crippen LogP contribution < -0.4 is 14.4 Å². The Balaban J connectivity index is 1.29. The van der Waals surface area contributed by atoms with Gasteiger partial charge in [-0.2, -0.15) is 0 Å². The van der Waals surface area contributed by atoms with Gasteiger partial charge in [0.15, 0.2) is 0 Å². The van der Waals surface area contributed by atoms with Crippen molar-refractivity contribution in [3.05, 3.63) is 164 Å². The Morgan fingerprint density at radius 2 is 1.04 bits per heavy atom. The van der Waals surface area contributed by atoms with Crippen LogP contribution in [0.25, 0.3) is 42.4 Å². The highest BCUT2D eigenvalue weighted by atomic mass is 32.1. The first-order valence-corrected chi connectivity index (χ1v) is 16.1. The van der Waals surface area contributed by atoms with Crippen LogP contribution in [-0.4, -0.2) is 0 Å². The van der Waals surface area contributed by atoms with Crippen LogP contribution in [0.4, 0.5) is 17.1 Å². The van der Waals surface area contributed by atoms with Crippen LogP contribution in [-0.2, 0) is 0 Å². The molecule has 9 rings (SSSR count). The van der Waals surface area contributed by atoms with Gasteiger partial charge in [0, 0.05) is 43.2 Å². The van der Waals surface area contributed by atoms with Crippen LogP contribution >= 0.6 is 11.3 Å². The number of benzene rings is 7. The number of fused-ring (bicyclic) bond motifs is 10. The molecular formula is C42H27NO2S. The van der Waals surface area contributed by atoms with E-state index in [1.54, 1.807) is 0 Å². The molecule has 8 aromatic rings. The zero-order valence-electron chi connectivity index (χ0n) is 24.8. The second-order valence-electron chi connectivity index (χ2n) is 11.4. The van der Waals surface area contributed by atoms with Gasteiger partial charge in [-0.3, -0.25) is 0 Å². The largest absolute Gasteiger partial charge is 0.457 e. The number of anilines is 3. The first-order chi connectivity index (χ1) is 22.7. The van der Waals surface area contributed by atoms with E-state index in [2.05, 4.69) is 132 Å². The molecule has 1 aliphatic rings. The fourth-order valence-electron chi connectivity index (χ4n) is 6.34. The number of rotatable bonds is 4. The van der Waals surface area contributed by atoms with Gasteiger partial charge in [-0.1, -0.05) is 78.9 Å². The standard InChI is InChI=1S/C42H27NO2S/c1-2-9-28(10-3-1)29-11-6-13-31(23-29)43(32-19-22-42-39(25-32)37-17-4-5-18-41(37)46-42)40-21-20-36-27-38(40)30-12-7-14-33(24-30)44-34-15-8-16-35(26-34)45-36/h1-27H. The summed E-state index contributed by atoms with van der Waals surface area (Å²) in [7, 11) is 0. The van der Waals surface area contributed by atoms with E-state index >= 15 is 0 Å². The molecule has 0 aliphatic carbocycles. The third kappa shape index (κ3) is 4.76. The molecule has 6 bridgehead atoms. The Hall–Kier alpha value is -5.84. The Morgan fingerprint density at radius 3 is 1.91 bits per heavy atom. The van der Waals surface area contributed by atoms with E-state index in [0.717, 1.165) is 56.8 Å². The van der Waals surface area contributed by atoms with E-state index in [4.69, 9.17) is 9.47 Å². The van der Waals surface area contributed by atoms with Crippen LogP contribution in [0.3, 0.4) is 0 Å². The van der Waals surface area contributed by atoms with Crippen LogP contribution in [0, 0.1) is 0 Å². The second-order valence-corrected chi connectivity index (χ2v) is 12.5. The number of hydrogen-bond donors (Lipinski definition) is 0. The molecule has 0 amide bonds. The average molecular weight is 610 g/mol. The lowest BCUT2D eigenvalue weighted by Gasteiger charge is -2.29. The maximum Gasteiger partial charge on any atom is 0.131 e. The molecule has 0 radical (unpaired) electrons. The first kappa shape index (κ1) is 26.6. The van der Waals surface area contributed by atoms with Crippen LogP contribution in [0.15, 0.2) is 164 Å². The lowest BCUT2D eigenvalue weighted by molar-refractivity contribution is 0.461. The Morgan fingerprint density at radius 1 is 0.391 bits per heavy atom. The summed E-state index contributed by atoms with van der Waals surface area (Å²) in [5.74, 6) is 3.01. The molecule has 218 valence electrons. The topological polar surface area (TPSA) is 21.7 Å². The summed E-state index contributed by atoms with van der Waals surface area (Å²) in [6.07, 6.45) is 0. The molecule has 1 aliphatic heterocycles. The van der Waals surface area contributed by atoms with E-state index in [9.17, 15) is 0 Å². The van der Waals surface area contributed by atoms with Crippen LogP contribution in [0.1, 0.15) is 0 Å². The Kier molecular flexibility index (Phi) is 6.32. The van der Waals surface area contributed by atoms with Crippen LogP contribution in [0.2, 0.25) is 0 Å². The molecule has 0 saturated carbocycles. The predicted octanol–water partition coefficient (Wildman–Crippen LogP) is 12.8. The average Bonchev–Trinajstić information content (AvgIpc) is 3.47. The lowest BCUT2D eigenvalue weighted by atomic mass is 9.99. The summed E-state index contributed by atoms with van der Waals surface area (Å²) in [4.78, 5) is 2.37. The van der Waals surface area contributed by atoms with Crippen molar-refractivity contribution in [2.24, 2.45) is 0 Å². The molecular weight excluding hydrogens is 583 g/mol. The summed E-state index contributed by atoms with van der Waals surface area (Å²) >= 11 is 1.83. The third-order valence-corrected chi connectivity index (χ3v) is 9.61. The number of nitrogens with zero attached hydrogens (tertiary/aromatic N) is 1.